The normalized spacial score (nSPS) is 17.8. The van der Waals surface area contributed by atoms with Crippen molar-refractivity contribution < 1.29 is 19.5 Å². The third-order valence-electron chi connectivity index (χ3n) is 4.72. The summed E-state index contributed by atoms with van der Waals surface area (Å²) >= 11 is 0. The van der Waals surface area contributed by atoms with E-state index in [4.69, 9.17) is 0 Å². The highest BCUT2D eigenvalue weighted by molar-refractivity contribution is 6.19. The Morgan fingerprint density at radius 3 is 2.48 bits per heavy atom. The van der Waals surface area contributed by atoms with Gasteiger partial charge in [-0.05, 0) is 41.0 Å². The fourth-order valence-electron chi connectivity index (χ4n) is 3.63. The van der Waals surface area contributed by atoms with Gasteiger partial charge in [-0.15, -0.1) is 0 Å². The zero-order chi connectivity index (χ0) is 17.6. The van der Waals surface area contributed by atoms with Crippen LogP contribution in [0.4, 0.5) is 0 Å². The van der Waals surface area contributed by atoms with Crippen LogP contribution in [0.25, 0.3) is 5.57 Å². The molecule has 4 nitrogen and oxygen atoms in total. The van der Waals surface area contributed by atoms with Crippen LogP contribution in [0, 0.1) is 0 Å². The van der Waals surface area contributed by atoms with Crippen molar-refractivity contribution in [1.29, 1.82) is 0 Å². The molecular formula is C21H12O4. The van der Waals surface area contributed by atoms with E-state index in [1.807, 2.05) is 36.1 Å². The van der Waals surface area contributed by atoms with Gasteiger partial charge in [-0.3, -0.25) is 4.79 Å². The van der Waals surface area contributed by atoms with E-state index in [1.165, 1.54) is 24.3 Å². The summed E-state index contributed by atoms with van der Waals surface area (Å²) in [7, 11) is 0. The van der Waals surface area contributed by atoms with Gasteiger partial charge in [0.1, 0.15) is 17.6 Å². The zero-order valence-corrected chi connectivity index (χ0v) is 13.1. The molecule has 2 aromatic rings. The Morgan fingerprint density at radius 1 is 1.04 bits per heavy atom. The standard InChI is InChI=1S/C21H12O4/c22-10-15-9-16(11-23)20(21(25)12-4-6-17(24)7-5-12)19-14-3-1-2-13(8-14)18(15)19/h1-8,18,24H,9H2. The number of fused-ring (bicyclic) bond motifs is 5. The van der Waals surface area contributed by atoms with Crippen LogP contribution in [-0.2, 0) is 9.59 Å². The molecule has 0 amide bonds. The van der Waals surface area contributed by atoms with Gasteiger partial charge in [0, 0.05) is 29.0 Å². The van der Waals surface area contributed by atoms with Gasteiger partial charge >= 0.3 is 0 Å². The first-order valence-corrected chi connectivity index (χ1v) is 7.80. The third kappa shape index (κ3) is 2.21. The van der Waals surface area contributed by atoms with Crippen molar-refractivity contribution in [2.24, 2.45) is 0 Å². The number of benzene rings is 2. The fourth-order valence-corrected chi connectivity index (χ4v) is 3.63. The Balaban J connectivity index is 1.98. The van der Waals surface area contributed by atoms with E-state index in [-0.39, 0.29) is 29.4 Å². The van der Waals surface area contributed by atoms with Gasteiger partial charge in [0.2, 0.25) is 0 Å². The van der Waals surface area contributed by atoms with Gasteiger partial charge in [-0.25, -0.2) is 9.59 Å². The van der Waals surface area contributed by atoms with E-state index in [1.54, 1.807) is 0 Å². The Bertz CT molecular complexity index is 1040. The maximum absolute atomic E-state index is 13.1. The maximum atomic E-state index is 13.1. The number of hydrogen-bond acceptors (Lipinski definition) is 4. The minimum absolute atomic E-state index is 0.0561. The summed E-state index contributed by atoms with van der Waals surface area (Å²) in [5.74, 6) is 3.19. The first kappa shape index (κ1) is 15.1. The molecule has 4 rings (SSSR count). The molecule has 2 aliphatic carbocycles. The Kier molecular flexibility index (Phi) is 3.36. The molecule has 0 aromatic heterocycles. The van der Waals surface area contributed by atoms with Crippen LogP contribution in [0.1, 0.15) is 33.8 Å². The Hall–Kier alpha value is -3.45. The van der Waals surface area contributed by atoms with Gasteiger partial charge < -0.3 is 5.11 Å². The Labute approximate surface area is 143 Å². The second-order valence-electron chi connectivity index (χ2n) is 6.11. The first-order valence-electron chi connectivity index (χ1n) is 7.80. The molecule has 0 saturated carbocycles. The lowest BCUT2D eigenvalue weighted by molar-refractivity contribution is 0.103. The second-order valence-corrected chi connectivity index (χ2v) is 6.11. The van der Waals surface area contributed by atoms with Crippen molar-refractivity contribution in [3.8, 4) is 5.75 Å². The zero-order valence-electron chi connectivity index (χ0n) is 13.1. The van der Waals surface area contributed by atoms with Gasteiger partial charge in [0.15, 0.2) is 5.78 Å². The number of aromatic hydroxyl groups is 1. The topological polar surface area (TPSA) is 71.4 Å². The average Bonchev–Trinajstić information content (AvgIpc) is 2.91. The Morgan fingerprint density at radius 2 is 1.80 bits per heavy atom. The van der Waals surface area contributed by atoms with Crippen molar-refractivity contribution >= 4 is 23.2 Å². The van der Waals surface area contributed by atoms with E-state index in [2.05, 4.69) is 0 Å². The molecule has 2 aromatic carbocycles. The van der Waals surface area contributed by atoms with Crippen LogP contribution in [0.5, 0.6) is 5.75 Å². The lowest BCUT2D eigenvalue weighted by atomic mass is 9.74. The summed E-state index contributed by atoms with van der Waals surface area (Å²) in [5.41, 5.74) is 3.69. The smallest absolute Gasteiger partial charge is 0.194 e. The van der Waals surface area contributed by atoms with Crippen LogP contribution in [0.15, 0.2) is 65.3 Å². The highest BCUT2D eigenvalue weighted by atomic mass is 16.3. The van der Waals surface area contributed by atoms with Crippen LogP contribution in [0.2, 0.25) is 0 Å². The highest BCUT2D eigenvalue weighted by Crippen LogP contribution is 2.51. The number of carbonyl (C=O) groups excluding carboxylic acids is 3. The van der Waals surface area contributed by atoms with Crippen LogP contribution >= 0.6 is 0 Å². The largest absolute Gasteiger partial charge is 0.508 e. The van der Waals surface area contributed by atoms with Crippen LogP contribution in [0.3, 0.4) is 0 Å². The molecule has 0 heterocycles. The first-order chi connectivity index (χ1) is 12.1. The fraction of sp³-hybridized carbons (Fsp3) is 0.0952. The van der Waals surface area contributed by atoms with Gasteiger partial charge in [-0.1, -0.05) is 24.3 Å². The molecule has 0 spiro atoms. The highest BCUT2D eigenvalue weighted by Gasteiger charge is 2.39. The lowest BCUT2D eigenvalue weighted by Gasteiger charge is -2.25. The quantitative estimate of drug-likeness (QED) is 0.679. The number of phenols is 1. The van der Waals surface area contributed by atoms with Crippen molar-refractivity contribution in [3.63, 3.8) is 0 Å². The molecule has 25 heavy (non-hydrogen) atoms. The summed E-state index contributed by atoms with van der Waals surface area (Å²) in [5, 5.41) is 9.42. The third-order valence-corrected chi connectivity index (χ3v) is 4.72. The number of Topliss-reactive ketones (excluding diaryl/α,β-unsaturated/α-hetero) is 1. The minimum atomic E-state index is -0.337. The maximum Gasteiger partial charge on any atom is 0.194 e. The van der Waals surface area contributed by atoms with Gasteiger partial charge in [-0.2, -0.15) is 0 Å². The second kappa shape index (κ2) is 5.57. The van der Waals surface area contributed by atoms with Gasteiger partial charge in [0.05, 0.1) is 5.57 Å². The van der Waals surface area contributed by atoms with Crippen LogP contribution in [-0.4, -0.2) is 22.8 Å². The SMILES string of the molecule is O=C=C1CC(=C=O)C2C(=C1C(=O)c1ccc(O)cc1)c1cccc2c1. The lowest BCUT2D eigenvalue weighted by Crippen LogP contribution is -2.18. The molecule has 1 N–H and O–H groups in total. The minimum Gasteiger partial charge on any atom is -0.508 e. The van der Waals surface area contributed by atoms with E-state index < -0.39 is 0 Å². The predicted molar refractivity (Wildman–Crippen MR) is 91.6 cm³/mol. The molecule has 0 fully saturated rings. The number of rotatable bonds is 2. The van der Waals surface area contributed by atoms with Crippen molar-refractivity contribution in [3.05, 3.63) is 81.9 Å². The summed E-state index contributed by atoms with van der Waals surface area (Å²) in [6.45, 7) is 0. The molecule has 1 unspecified atom stereocenters. The number of phenolic OH excluding ortho intramolecular Hbond substituents is 1. The molecule has 1 atom stereocenters. The molecular weight excluding hydrogens is 316 g/mol. The number of hydrogen-bond donors (Lipinski definition) is 1. The number of carbonyl (C=O) groups is 1. The van der Waals surface area contributed by atoms with Crippen LogP contribution < -0.4 is 0 Å². The van der Waals surface area contributed by atoms with E-state index in [9.17, 15) is 19.5 Å². The molecule has 0 saturated heterocycles. The number of allylic oxidation sites excluding steroid dienone is 4. The molecule has 2 bridgehead atoms. The van der Waals surface area contributed by atoms with E-state index >= 15 is 0 Å². The summed E-state index contributed by atoms with van der Waals surface area (Å²) in [6, 6.07) is 13.4. The van der Waals surface area contributed by atoms with Crippen molar-refractivity contribution in [2.45, 2.75) is 12.3 Å². The molecule has 2 aliphatic rings. The van der Waals surface area contributed by atoms with Crippen molar-refractivity contribution in [2.75, 3.05) is 0 Å². The monoisotopic (exact) mass is 328 g/mol. The predicted octanol–water partition coefficient (Wildman–Crippen LogP) is 3.05. The summed E-state index contributed by atoms with van der Waals surface area (Å²) < 4.78 is 0. The van der Waals surface area contributed by atoms with Gasteiger partial charge in [0.25, 0.3) is 0 Å². The molecule has 120 valence electrons. The molecule has 4 heteroatoms. The number of ketones is 1. The molecule has 0 aliphatic heterocycles. The summed E-state index contributed by atoms with van der Waals surface area (Å²) in [4.78, 5) is 36.0. The van der Waals surface area contributed by atoms with Crippen molar-refractivity contribution in [1.82, 2.24) is 0 Å². The van der Waals surface area contributed by atoms with E-state index in [0.717, 1.165) is 11.1 Å². The summed E-state index contributed by atoms with van der Waals surface area (Å²) in [6.07, 6.45) is 0.0682. The van der Waals surface area contributed by atoms with E-state index in [0.29, 0.717) is 22.3 Å². The average molecular weight is 328 g/mol. The molecule has 0 radical (unpaired) electrons.